The Hall–Kier alpha value is -1.87. The molecule has 0 spiro atoms. The summed E-state index contributed by atoms with van der Waals surface area (Å²) in [4.78, 5) is 0. The molecule has 0 aliphatic heterocycles. The number of hydrogen-bond donors (Lipinski definition) is 1. The van der Waals surface area contributed by atoms with Crippen LogP contribution in [0.1, 0.15) is 22.3 Å². The van der Waals surface area contributed by atoms with Crippen LogP contribution in [0.4, 0.5) is 4.39 Å². The number of halogens is 1. The van der Waals surface area contributed by atoms with Crippen LogP contribution >= 0.6 is 0 Å². The molecule has 0 atom stereocenters. The number of aryl methyl sites for hydroxylation is 2. The molecule has 2 N–H and O–H groups in total. The van der Waals surface area contributed by atoms with Gasteiger partial charge in [0.15, 0.2) is 0 Å². The van der Waals surface area contributed by atoms with Gasteiger partial charge in [-0.25, -0.2) is 4.39 Å². The summed E-state index contributed by atoms with van der Waals surface area (Å²) in [7, 11) is 0. The van der Waals surface area contributed by atoms with E-state index in [4.69, 9.17) is 10.5 Å². The Kier molecular flexibility index (Phi) is 4.74. The van der Waals surface area contributed by atoms with Crippen molar-refractivity contribution in [3.05, 3.63) is 64.5 Å². The van der Waals surface area contributed by atoms with E-state index < -0.39 is 0 Å². The molecule has 20 heavy (non-hydrogen) atoms. The van der Waals surface area contributed by atoms with Crippen molar-refractivity contribution in [2.24, 2.45) is 5.73 Å². The Balaban J connectivity index is 2.18. The Morgan fingerprint density at radius 2 is 1.80 bits per heavy atom. The van der Waals surface area contributed by atoms with E-state index in [0.29, 0.717) is 25.3 Å². The minimum absolute atomic E-state index is 0.257. The van der Waals surface area contributed by atoms with Crippen LogP contribution in [0.2, 0.25) is 0 Å². The third-order valence-electron chi connectivity index (χ3n) is 3.45. The van der Waals surface area contributed by atoms with Gasteiger partial charge in [-0.2, -0.15) is 0 Å². The lowest BCUT2D eigenvalue weighted by atomic mass is 10.0. The molecule has 3 heteroatoms. The zero-order chi connectivity index (χ0) is 14.5. The van der Waals surface area contributed by atoms with E-state index >= 15 is 0 Å². The van der Waals surface area contributed by atoms with Crippen molar-refractivity contribution in [3.8, 4) is 5.75 Å². The van der Waals surface area contributed by atoms with Gasteiger partial charge in [-0.1, -0.05) is 18.2 Å². The molecule has 106 valence electrons. The third-order valence-corrected chi connectivity index (χ3v) is 3.45. The van der Waals surface area contributed by atoms with E-state index in [9.17, 15) is 4.39 Å². The average molecular weight is 273 g/mol. The monoisotopic (exact) mass is 273 g/mol. The highest BCUT2D eigenvalue weighted by molar-refractivity contribution is 5.36. The third kappa shape index (κ3) is 3.36. The van der Waals surface area contributed by atoms with Crippen LogP contribution in [0.25, 0.3) is 0 Å². The van der Waals surface area contributed by atoms with Crippen LogP contribution < -0.4 is 10.5 Å². The van der Waals surface area contributed by atoms with Crippen LogP contribution in [0, 0.1) is 19.7 Å². The smallest absolute Gasteiger partial charge is 0.123 e. The molecular weight excluding hydrogens is 253 g/mol. The first-order valence-corrected chi connectivity index (χ1v) is 6.78. The molecule has 0 saturated heterocycles. The number of rotatable bonds is 5. The number of benzene rings is 2. The van der Waals surface area contributed by atoms with Crippen molar-refractivity contribution in [1.29, 1.82) is 0 Å². The lowest BCUT2D eigenvalue weighted by Gasteiger charge is -2.14. The zero-order valence-electron chi connectivity index (χ0n) is 11.9. The Bertz CT molecular complexity index is 575. The highest BCUT2D eigenvalue weighted by Gasteiger charge is 2.07. The number of ether oxygens (including phenoxy) is 1. The van der Waals surface area contributed by atoms with E-state index in [0.717, 1.165) is 5.56 Å². The molecule has 0 aliphatic rings. The lowest BCUT2D eigenvalue weighted by molar-refractivity contribution is 0.301. The van der Waals surface area contributed by atoms with E-state index in [-0.39, 0.29) is 5.82 Å². The summed E-state index contributed by atoms with van der Waals surface area (Å²) in [5, 5.41) is 0. The molecule has 0 heterocycles. The van der Waals surface area contributed by atoms with Crippen molar-refractivity contribution in [3.63, 3.8) is 0 Å². The maximum atomic E-state index is 13.3. The molecule has 0 bridgehead atoms. The first kappa shape index (κ1) is 14.5. The van der Waals surface area contributed by atoms with Crippen molar-refractivity contribution < 1.29 is 9.13 Å². The van der Waals surface area contributed by atoms with Gasteiger partial charge in [0.2, 0.25) is 0 Å². The Labute approximate surface area is 119 Å². The fourth-order valence-electron chi connectivity index (χ4n) is 2.27. The zero-order valence-corrected chi connectivity index (χ0v) is 11.9. The van der Waals surface area contributed by atoms with Crippen LogP contribution in [-0.4, -0.2) is 6.54 Å². The van der Waals surface area contributed by atoms with Gasteiger partial charge in [0.25, 0.3) is 0 Å². The van der Waals surface area contributed by atoms with Gasteiger partial charge in [-0.05, 0) is 67.3 Å². The highest BCUT2D eigenvalue weighted by Crippen LogP contribution is 2.23. The number of hydrogen-bond acceptors (Lipinski definition) is 2. The quantitative estimate of drug-likeness (QED) is 0.904. The molecule has 2 rings (SSSR count). The minimum Gasteiger partial charge on any atom is -0.489 e. The molecule has 0 unspecified atom stereocenters. The van der Waals surface area contributed by atoms with Gasteiger partial charge in [0.1, 0.15) is 18.2 Å². The van der Waals surface area contributed by atoms with E-state index in [1.807, 2.05) is 6.07 Å². The van der Waals surface area contributed by atoms with E-state index in [1.54, 1.807) is 6.07 Å². The van der Waals surface area contributed by atoms with Crippen LogP contribution in [0.15, 0.2) is 36.4 Å². The summed E-state index contributed by atoms with van der Waals surface area (Å²) in [5.41, 5.74) is 9.95. The molecule has 2 aromatic rings. The number of nitrogens with two attached hydrogens (primary N) is 1. The van der Waals surface area contributed by atoms with Crippen molar-refractivity contribution >= 4 is 0 Å². The fourth-order valence-corrected chi connectivity index (χ4v) is 2.27. The molecule has 0 saturated carbocycles. The normalized spacial score (nSPS) is 10.6. The fraction of sp³-hybridized carbons (Fsp3) is 0.294. The second-order valence-electron chi connectivity index (χ2n) is 4.95. The first-order chi connectivity index (χ1) is 9.61. The van der Waals surface area contributed by atoms with Crippen molar-refractivity contribution in [2.45, 2.75) is 26.9 Å². The Morgan fingerprint density at radius 3 is 2.45 bits per heavy atom. The first-order valence-electron chi connectivity index (χ1n) is 6.78. The SMILES string of the molecule is Cc1cccc(C)c1COc1ccc(F)cc1CCN. The summed E-state index contributed by atoms with van der Waals surface area (Å²) in [6, 6.07) is 10.8. The molecular formula is C17H20FNO. The second-order valence-corrected chi connectivity index (χ2v) is 4.95. The Morgan fingerprint density at radius 1 is 1.10 bits per heavy atom. The molecule has 0 aromatic heterocycles. The second kappa shape index (κ2) is 6.53. The maximum absolute atomic E-state index is 13.3. The summed E-state index contributed by atoms with van der Waals surface area (Å²) < 4.78 is 19.1. The van der Waals surface area contributed by atoms with Gasteiger partial charge in [0.05, 0.1) is 0 Å². The average Bonchev–Trinajstić information content (AvgIpc) is 2.40. The topological polar surface area (TPSA) is 35.2 Å². The molecule has 2 nitrogen and oxygen atoms in total. The van der Waals surface area contributed by atoms with Gasteiger partial charge in [0, 0.05) is 0 Å². The standard InChI is InChI=1S/C17H20FNO/c1-12-4-3-5-13(2)16(12)11-20-17-7-6-15(18)10-14(17)8-9-19/h3-7,10H,8-9,11,19H2,1-2H3. The van der Waals surface area contributed by atoms with Gasteiger partial charge < -0.3 is 10.5 Å². The summed E-state index contributed by atoms with van der Waals surface area (Å²) in [6.45, 7) is 5.10. The molecule has 0 fully saturated rings. The summed E-state index contributed by atoms with van der Waals surface area (Å²) in [6.07, 6.45) is 0.611. The van der Waals surface area contributed by atoms with Crippen LogP contribution in [-0.2, 0) is 13.0 Å². The predicted octanol–water partition coefficient (Wildman–Crippen LogP) is 3.52. The van der Waals surface area contributed by atoms with Crippen molar-refractivity contribution in [2.75, 3.05) is 6.54 Å². The van der Waals surface area contributed by atoms with Gasteiger partial charge in [-0.3, -0.25) is 0 Å². The molecule has 0 amide bonds. The van der Waals surface area contributed by atoms with Crippen molar-refractivity contribution in [1.82, 2.24) is 0 Å². The molecule has 2 aromatic carbocycles. The summed E-state index contributed by atoms with van der Waals surface area (Å²) in [5.74, 6) is 0.451. The largest absolute Gasteiger partial charge is 0.489 e. The van der Waals surface area contributed by atoms with Gasteiger partial charge in [-0.15, -0.1) is 0 Å². The van der Waals surface area contributed by atoms with Crippen LogP contribution in [0.3, 0.4) is 0 Å². The van der Waals surface area contributed by atoms with Crippen LogP contribution in [0.5, 0.6) is 5.75 Å². The summed E-state index contributed by atoms with van der Waals surface area (Å²) >= 11 is 0. The molecule has 0 aliphatic carbocycles. The predicted molar refractivity (Wildman–Crippen MR) is 79.4 cm³/mol. The van der Waals surface area contributed by atoms with E-state index in [1.165, 1.54) is 28.8 Å². The lowest BCUT2D eigenvalue weighted by Crippen LogP contribution is -2.07. The van der Waals surface area contributed by atoms with Gasteiger partial charge >= 0.3 is 0 Å². The maximum Gasteiger partial charge on any atom is 0.123 e. The van der Waals surface area contributed by atoms with E-state index in [2.05, 4.69) is 26.0 Å². The minimum atomic E-state index is -0.257. The highest BCUT2D eigenvalue weighted by atomic mass is 19.1. The molecule has 0 radical (unpaired) electrons.